The van der Waals surface area contributed by atoms with Gasteiger partial charge in [-0.25, -0.2) is 4.79 Å². The summed E-state index contributed by atoms with van der Waals surface area (Å²) in [6.45, 7) is 1.38. The van der Waals surface area contributed by atoms with Gasteiger partial charge in [0, 0.05) is 24.6 Å². The Labute approximate surface area is 139 Å². The molecule has 0 bridgehead atoms. The van der Waals surface area contributed by atoms with Gasteiger partial charge in [-0.05, 0) is 30.7 Å². The Bertz CT molecular complexity index is 611. The van der Waals surface area contributed by atoms with Gasteiger partial charge in [0.05, 0.1) is 14.2 Å². The molecule has 24 heavy (non-hydrogen) atoms. The van der Waals surface area contributed by atoms with Crippen molar-refractivity contribution in [3.8, 4) is 0 Å². The maximum atomic E-state index is 12.2. The Kier molecular flexibility index (Phi) is 7.41. The highest BCUT2D eigenvalue weighted by Gasteiger charge is 2.23. The van der Waals surface area contributed by atoms with Crippen molar-refractivity contribution in [3.63, 3.8) is 0 Å². The minimum Gasteiger partial charge on any atom is -0.469 e. The molecule has 0 aliphatic heterocycles. The van der Waals surface area contributed by atoms with Gasteiger partial charge in [0.1, 0.15) is 6.04 Å². The molecule has 0 unspecified atom stereocenters. The van der Waals surface area contributed by atoms with Gasteiger partial charge in [-0.3, -0.25) is 14.4 Å². The van der Waals surface area contributed by atoms with Crippen LogP contribution in [-0.2, 0) is 23.9 Å². The quantitative estimate of drug-likeness (QED) is 0.715. The van der Waals surface area contributed by atoms with Crippen molar-refractivity contribution in [2.24, 2.45) is 0 Å². The third-order valence-corrected chi connectivity index (χ3v) is 3.12. The molecular weight excluding hydrogens is 316 g/mol. The zero-order chi connectivity index (χ0) is 18.1. The summed E-state index contributed by atoms with van der Waals surface area (Å²) in [6, 6.07) is 5.19. The van der Waals surface area contributed by atoms with Gasteiger partial charge in [-0.2, -0.15) is 0 Å². The Morgan fingerprint density at radius 3 is 2.17 bits per heavy atom. The first-order chi connectivity index (χ1) is 11.4. The summed E-state index contributed by atoms with van der Waals surface area (Å²) in [5.41, 5.74) is 0.852. The van der Waals surface area contributed by atoms with E-state index < -0.39 is 23.9 Å². The van der Waals surface area contributed by atoms with Crippen molar-refractivity contribution in [2.75, 3.05) is 19.5 Å². The molecule has 130 valence electrons. The maximum absolute atomic E-state index is 12.2. The van der Waals surface area contributed by atoms with E-state index in [1.165, 1.54) is 33.3 Å². The molecule has 8 heteroatoms. The number of amides is 2. The number of anilines is 1. The van der Waals surface area contributed by atoms with Crippen molar-refractivity contribution in [1.82, 2.24) is 5.32 Å². The van der Waals surface area contributed by atoms with E-state index in [0.717, 1.165) is 0 Å². The molecule has 0 aromatic heterocycles. The fourth-order valence-corrected chi connectivity index (χ4v) is 1.91. The number of carbonyl (C=O) groups excluding carboxylic acids is 4. The Hall–Kier alpha value is -2.90. The average molecular weight is 336 g/mol. The molecule has 2 amide bonds. The number of methoxy groups -OCH3 is 2. The first-order valence-corrected chi connectivity index (χ1v) is 7.20. The number of rotatable bonds is 7. The molecule has 1 rings (SSSR count). The summed E-state index contributed by atoms with van der Waals surface area (Å²) in [7, 11) is 2.44. The van der Waals surface area contributed by atoms with E-state index in [4.69, 9.17) is 0 Å². The van der Waals surface area contributed by atoms with Gasteiger partial charge >= 0.3 is 11.9 Å². The van der Waals surface area contributed by atoms with E-state index >= 15 is 0 Å². The van der Waals surface area contributed by atoms with Crippen molar-refractivity contribution in [3.05, 3.63) is 29.8 Å². The Morgan fingerprint density at radius 2 is 1.67 bits per heavy atom. The summed E-state index contributed by atoms with van der Waals surface area (Å²) in [5.74, 6) is -1.86. The number of benzene rings is 1. The highest BCUT2D eigenvalue weighted by atomic mass is 16.5. The van der Waals surface area contributed by atoms with Crippen molar-refractivity contribution in [2.45, 2.75) is 25.8 Å². The summed E-state index contributed by atoms with van der Waals surface area (Å²) in [4.78, 5) is 46.1. The molecule has 1 aromatic rings. The van der Waals surface area contributed by atoms with E-state index in [9.17, 15) is 19.2 Å². The lowest BCUT2D eigenvalue weighted by Gasteiger charge is -2.16. The van der Waals surface area contributed by atoms with Crippen molar-refractivity contribution in [1.29, 1.82) is 0 Å². The van der Waals surface area contributed by atoms with Crippen LogP contribution in [0.2, 0.25) is 0 Å². The molecule has 0 spiro atoms. The number of hydrogen-bond donors (Lipinski definition) is 2. The second-order valence-corrected chi connectivity index (χ2v) is 4.92. The lowest BCUT2D eigenvalue weighted by molar-refractivity contribution is -0.144. The minimum absolute atomic E-state index is 0.0297. The summed E-state index contributed by atoms with van der Waals surface area (Å²) in [5, 5.41) is 5.10. The third kappa shape index (κ3) is 6.07. The topological polar surface area (TPSA) is 111 Å². The van der Waals surface area contributed by atoms with Crippen molar-refractivity contribution >= 4 is 29.4 Å². The highest BCUT2D eigenvalue weighted by molar-refractivity contribution is 5.97. The lowest BCUT2D eigenvalue weighted by Crippen LogP contribution is -2.41. The van der Waals surface area contributed by atoms with Gasteiger partial charge in [0.25, 0.3) is 5.91 Å². The predicted octanol–water partition coefficient (Wildman–Crippen LogP) is 0.870. The van der Waals surface area contributed by atoms with Crippen LogP contribution in [0, 0.1) is 0 Å². The van der Waals surface area contributed by atoms with Gasteiger partial charge in [-0.1, -0.05) is 0 Å². The van der Waals surface area contributed by atoms with E-state index in [0.29, 0.717) is 11.3 Å². The summed E-state index contributed by atoms with van der Waals surface area (Å²) in [6.07, 6.45) is 0.0348. The van der Waals surface area contributed by atoms with Gasteiger partial charge in [-0.15, -0.1) is 0 Å². The zero-order valence-electron chi connectivity index (χ0n) is 13.8. The van der Waals surface area contributed by atoms with Crippen LogP contribution < -0.4 is 10.6 Å². The summed E-state index contributed by atoms with van der Waals surface area (Å²) >= 11 is 0. The number of carbonyl (C=O) groups is 4. The second-order valence-electron chi connectivity index (χ2n) is 4.92. The van der Waals surface area contributed by atoms with Gasteiger partial charge < -0.3 is 20.1 Å². The van der Waals surface area contributed by atoms with Crippen LogP contribution in [-0.4, -0.2) is 44.0 Å². The second kappa shape index (κ2) is 9.29. The van der Waals surface area contributed by atoms with E-state index in [2.05, 4.69) is 20.1 Å². The fourth-order valence-electron chi connectivity index (χ4n) is 1.91. The van der Waals surface area contributed by atoms with Crippen LogP contribution in [0.15, 0.2) is 24.3 Å². The zero-order valence-corrected chi connectivity index (χ0v) is 13.8. The Balaban J connectivity index is 2.74. The van der Waals surface area contributed by atoms with E-state index in [1.807, 2.05) is 0 Å². The fraction of sp³-hybridized carbons (Fsp3) is 0.375. The van der Waals surface area contributed by atoms with Crippen LogP contribution in [0.4, 0.5) is 5.69 Å². The molecule has 1 atom stereocenters. The van der Waals surface area contributed by atoms with Crippen molar-refractivity contribution < 1.29 is 28.7 Å². The molecule has 0 heterocycles. The van der Waals surface area contributed by atoms with E-state index in [1.54, 1.807) is 12.1 Å². The molecule has 0 aliphatic rings. The largest absolute Gasteiger partial charge is 0.469 e. The predicted molar refractivity (Wildman–Crippen MR) is 85.3 cm³/mol. The first-order valence-electron chi connectivity index (χ1n) is 7.20. The maximum Gasteiger partial charge on any atom is 0.328 e. The summed E-state index contributed by atoms with van der Waals surface area (Å²) < 4.78 is 9.13. The van der Waals surface area contributed by atoms with Crippen LogP contribution in [0.1, 0.15) is 30.1 Å². The van der Waals surface area contributed by atoms with Crippen LogP contribution >= 0.6 is 0 Å². The van der Waals surface area contributed by atoms with Crippen LogP contribution in [0.25, 0.3) is 0 Å². The number of hydrogen-bond acceptors (Lipinski definition) is 6. The number of ether oxygens (including phenoxy) is 2. The monoisotopic (exact) mass is 336 g/mol. The molecule has 0 fully saturated rings. The minimum atomic E-state index is -0.961. The third-order valence-electron chi connectivity index (χ3n) is 3.12. The smallest absolute Gasteiger partial charge is 0.328 e. The normalized spacial score (nSPS) is 11.1. The standard InChI is InChI=1S/C16H20N2O6/c1-10(19)17-12-6-4-11(5-7-12)15(21)18-13(16(22)24-3)8-9-14(20)23-2/h4-7,13H,8-9H2,1-3H3,(H,17,19)(H,18,21)/t13-/m0/s1. The highest BCUT2D eigenvalue weighted by Crippen LogP contribution is 2.10. The van der Waals surface area contributed by atoms with Crippen LogP contribution in [0.3, 0.4) is 0 Å². The number of nitrogens with one attached hydrogen (secondary N) is 2. The molecule has 0 aliphatic carbocycles. The molecule has 2 N–H and O–H groups in total. The molecule has 1 aromatic carbocycles. The lowest BCUT2D eigenvalue weighted by atomic mass is 10.1. The molecule has 0 radical (unpaired) electrons. The molecule has 0 saturated carbocycles. The molecule has 0 saturated heterocycles. The first kappa shape index (κ1) is 19.1. The van der Waals surface area contributed by atoms with Crippen LogP contribution in [0.5, 0.6) is 0 Å². The van der Waals surface area contributed by atoms with Gasteiger partial charge in [0.2, 0.25) is 5.91 Å². The molecule has 8 nitrogen and oxygen atoms in total. The number of esters is 2. The van der Waals surface area contributed by atoms with E-state index in [-0.39, 0.29) is 18.7 Å². The SMILES string of the molecule is COC(=O)CC[C@H](NC(=O)c1ccc(NC(C)=O)cc1)C(=O)OC. The average Bonchev–Trinajstić information content (AvgIpc) is 2.57. The Morgan fingerprint density at radius 1 is 1.04 bits per heavy atom. The van der Waals surface area contributed by atoms with Gasteiger partial charge in [0.15, 0.2) is 0 Å². The molecular formula is C16H20N2O6.